The topological polar surface area (TPSA) is 44.8 Å². The lowest BCUT2D eigenvalue weighted by Gasteiger charge is -2.36. The van der Waals surface area contributed by atoms with Crippen molar-refractivity contribution < 1.29 is 9.53 Å². The van der Waals surface area contributed by atoms with Gasteiger partial charge in [0.1, 0.15) is 5.54 Å². The largest absolute Gasteiger partial charge is 0.465 e. The number of ether oxygens (including phenoxy) is 1. The summed E-state index contributed by atoms with van der Waals surface area (Å²) in [6.07, 6.45) is 3.36. The van der Waals surface area contributed by atoms with E-state index in [2.05, 4.69) is 43.2 Å². The lowest BCUT2D eigenvalue weighted by Crippen LogP contribution is -2.61. The number of nitrogens with zero attached hydrogens (tertiary/aromatic N) is 2. The minimum Gasteiger partial charge on any atom is -0.465 e. The van der Waals surface area contributed by atoms with Gasteiger partial charge in [-0.05, 0) is 72.9 Å². The molecule has 5 heteroatoms. The lowest BCUT2D eigenvalue weighted by atomic mass is 9.92. The van der Waals surface area contributed by atoms with Crippen molar-refractivity contribution in [1.29, 1.82) is 0 Å². The quantitative estimate of drug-likeness (QED) is 0.581. The van der Waals surface area contributed by atoms with Crippen molar-refractivity contribution in [2.45, 2.75) is 38.6 Å². The van der Waals surface area contributed by atoms with Crippen molar-refractivity contribution >= 4 is 5.97 Å². The Balaban J connectivity index is 2.65. The molecule has 0 aromatic rings. The summed E-state index contributed by atoms with van der Waals surface area (Å²) in [5, 5.41) is 3.45. The Labute approximate surface area is 130 Å². The maximum absolute atomic E-state index is 12.5. The zero-order valence-corrected chi connectivity index (χ0v) is 14.4. The van der Waals surface area contributed by atoms with Gasteiger partial charge in [-0.1, -0.05) is 6.92 Å². The van der Waals surface area contributed by atoms with Gasteiger partial charge in [-0.3, -0.25) is 0 Å². The molecule has 1 atom stereocenters. The first-order chi connectivity index (χ1) is 9.96. The van der Waals surface area contributed by atoms with E-state index in [1.807, 2.05) is 6.92 Å². The summed E-state index contributed by atoms with van der Waals surface area (Å²) in [5.41, 5.74) is -0.516. The Morgan fingerprint density at radius 3 is 2.38 bits per heavy atom. The van der Waals surface area contributed by atoms with Crippen molar-refractivity contribution in [1.82, 2.24) is 15.1 Å². The Kier molecular flexibility index (Phi) is 7.63. The average Bonchev–Trinajstić information content (AvgIpc) is 3.22. The molecule has 0 amide bonds. The van der Waals surface area contributed by atoms with Crippen LogP contribution < -0.4 is 5.32 Å². The van der Waals surface area contributed by atoms with Crippen LogP contribution in [0.15, 0.2) is 0 Å². The minimum atomic E-state index is -0.516. The molecule has 1 saturated carbocycles. The van der Waals surface area contributed by atoms with Gasteiger partial charge >= 0.3 is 5.97 Å². The summed E-state index contributed by atoms with van der Waals surface area (Å²) < 4.78 is 5.37. The molecule has 1 unspecified atom stereocenters. The van der Waals surface area contributed by atoms with Gasteiger partial charge in [0, 0.05) is 6.54 Å². The number of rotatable bonds is 11. The molecule has 0 spiro atoms. The van der Waals surface area contributed by atoms with E-state index in [-0.39, 0.29) is 5.97 Å². The first kappa shape index (κ1) is 18.4. The Morgan fingerprint density at radius 1 is 1.24 bits per heavy atom. The fraction of sp³-hybridized carbons (Fsp3) is 0.938. The molecule has 5 nitrogen and oxygen atoms in total. The van der Waals surface area contributed by atoms with Gasteiger partial charge in [0.15, 0.2) is 0 Å². The predicted octanol–water partition coefficient (Wildman–Crippen LogP) is 1.19. The van der Waals surface area contributed by atoms with Gasteiger partial charge < -0.3 is 19.9 Å². The molecule has 0 aromatic heterocycles. The van der Waals surface area contributed by atoms with E-state index in [1.54, 1.807) is 0 Å². The molecular weight excluding hydrogens is 266 g/mol. The number of esters is 1. The number of likely N-dealkylation sites (N-methyl/N-ethyl adjacent to an activating group) is 2. The van der Waals surface area contributed by atoms with Gasteiger partial charge in [0.05, 0.1) is 6.61 Å². The highest BCUT2D eigenvalue weighted by Gasteiger charge is 2.52. The third kappa shape index (κ3) is 5.57. The molecule has 0 saturated heterocycles. The monoisotopic (exact) mass is 299 g/mol. The fourth-order valence-corrected chi connectivity index (χ4v) is 2.95. The summed E-state index contributed by atoms with van der Waals surface area (Å²) in [5.74, 6) is 0.349. The predicted molar refractivity (Wildman–Crippen MR) is 86.4 cm³/mol. The molecule has 1 aliphatic carbocycles. The van der Waals surface area contributed by atoms with Crippen molar-refractivity contribution in [2.24, 2.45) is 5.92 Å². The summed E-state index contributed by atoms with van der Waals surface area (Å²) in [7, 11) is 6.28. The molecule has 0 aromatic carbocycles. The van der Waals surface area contributed by atoms with Gasteiger partial charge in [0.2, 0.25) is 0 Å². The van der Waals surface area contributed by atoms with Gasteiger partial charge in [-0.15, -0.1) is 0 Å². The third-order valence-corrected chi connectivity index (χ3v) is 4.07. The molecule has 124 valence electrons. The fourth-order valence-electron chi connectivity index (χ4n) is 2.95. The zero-order chi connectivity index (χ0) is 15.9. The number of nitrogens with one attached hydrogen (secondary N) is 1. The number of carbonyl (C=O) groups is 1. The summed E-state index contributed by atoms with van der Waals surface area (Å²) in [4.78, 5) is 17.0. The minimum absolute atomic E-state index is 0.0752. The molecule has 21 heavy (non-hydrogen) atoms. The SMILES string of the molecule is CCNC(CN(C)CCCN(C)C)(C(=O)OCC)C1CC1. The van der Waals surface area contributed by atoms with E-state index in [0.29, 0.717) is 12.5 Å². The molecule has 1 aliphatic rings. The van der Waals surface area contributed by atoms with Crippen molar-refractivity contribution in [2.75, 3.05) is 53.9 Å². The molecule has 0 heterocycles. The van der Waals surface area contributed by atoms with E-state index in [9.17, 15) is 4.79 Å². The second kappa shape index (κ2) is 8.71. The summed E-state index contributed by atoms with van der Waals surface area (Å²) in [6, 6.07) is 0. The lowest BCUT2D eigenvalue weighted by molar-refractivity contribution is -0.153. The number of hydrogen-bond donors (Lipinski definition) is 1. The molecule has 1 N–H and O–H groups in total. The second-order valence-electron chi connectivity index (χ2n) is 6.39. The Hall–Kier alpha value is -0.650. The van der Waals surface area contributed by atoms with Crippen molar-refractivity contribution in [3.63, 3.8) is 0 Å². The molecule has 0 radical (unpaired) electrons. The van der Waals surface area contributed by atoms with Crippen LogP contribution in [0.3, 0.4) is 0 Å². The standard InChI is InChI=1S/C16H33N3O2/c1-6-17-16(14-9-10-14,15(20)21-7-2)13-19(5)12-8-11-18(3)4/h14,17H,6-13H2,1-5H3. The van der Waals surface area contributed by atoms with Crippen molar-refractivity contribution in [3.8, 4) is 0 Å². The maximum atomic E-state index is 12.5. The van der Waals surface area contributed by atoms with E-state index in [1.165, 1.54) is 0 Å². The van der Waals surface area contributed by atoms with Crippen LogP contribution in [-0.4, -0.2) is 75.2 Å². The first-order valence-electron chi connectivity index (χ1n) is 8.21. The van der Waals surface area contributed by atoms with Crippen LogP contribution in [0, 0.1) is 5.92 Å². The Bertz CT molecular complexity index is 319. The van der Waals surface area contributed by atoms with Crippen LogP contribution in [-0.2, 0) is 9.53 Å². The zero-order valence-electron chi connectivity index (χ0n) is 14.4. The Morgan fingerprint density at radius 2 is 1.90 bits per heavy atom. The maximum Gasteiger partial charge on any atom is 0.327 e. The van der Waals surface area contributed by atoms with Crippen LogP contribution in [0.1, 0.15) is 33.1 Å². The number of carbonyl (C=O) groups excluding carboxylic acids is 1. The molecular formula is C16H33N3O2. The highest BCUT2D eigenvalue weighted by Crippen LogP contribution is 2.41. The smallest absolute Gasteiger partial charge is 0.327 e. The number of hydrogen-bond acceptors (Lipinski definition) is 5. The molecule has 0 bridgehead atoms. The van der Waals surface area contributed by atoms with Crippen LogP contribution in [0.5, 0.6) is 0 Å². The highest BCUT2D eigenvalue weighted by molar-refractivity contribution is 5.82. The van der Waals surface area contributed by atoms with E-state index in [4.69, 9.17) is 4.74 Å². The van der Waals surface area contributed by atoms with Gasteiger partial charge in [-0.25, -0.2) is 4.79 Å². The summed E-state index contributed by atoms with van der Waals surface area (Å²) >= 11 is 0. The molecule has 1 rings (SSSR count). The van der Waals surface area contributed by atoms with Crippen LogP contribution in [0.4, 0.5) is 0 Å². The van der Waals surface area contributed by atoms with Crippen LogP contribution >= 0.6 is 0 Å². The van der Waals surface area contributed by atoms with Gasteiger partial charge in [-0.2, -0.15) is 0 Å². The average molecular weight is 299 g/mol. The van der Waals surface area contributed by atoms with Gasteiger partial charge in [0.25, 0.3) is 0 Å². The third-order valence-electron chi connectivity index (χ3n) is 4.07. The van der Waals surface area contributed by atoms with Crippen LogP contribution in [0.2, 0.25) is 0 Å². The molecule has 0 aliphatic heterocycles. The second-order valence-corrected chi connectivity index (χ2v) is 6.39. The first-order valence-corrected chi connectivity index (χ1v) is 8.21. The highest BCUT2D eigenvalue weighted by atomic mass is 16.5. The van der Waals surface area contributed by atoms with E-state index in [0.717, 1.165) is 45.4 Å². The summed E-state index contributed by atoms with van der Waals surface area (Å²) in [6.45, 7) is 7.98. The molecule has 1 fully saturated rings. The van der Waals surface area contributed by atoms with Crippen LogP contribution in [0.25, 0.3) is 0 Å². The normalized spacial score (nSPS) is 18.0. The van der Waals surface area contributed by atoms with Crippen molar-refractivity contribution in [3.05, 3.63) is 0 Å². The van der Waals surface area contributed by atoms with E-state index >= 15 is 0 Å². The van der Waals surface area contributed by atoms with E-state index < -0.39 is 5.54 Å².